The van der Waals surface area contributed by atoms with Crippen LogP contribution in [-0.2, 0) is 37.9 Å². The Hall–Kier alpha value is -0.0200. The lowest BCUT2D eigenvalue weighted by molar-refractivity contribution is -0.287. The minimum atomic E-state index is -1.44. The molecular formula is C27H52N6O12S2. The second-order valence-corrected chi connectivity index (χ2v) is 14.2. The molecule has 1 saturated carbocycles. The summed E-state index contributed by atoms with van der Waals surface area (Å²) in [5, 5.41) is 43.6. The van der Waals surface area contributed by atoms with Gasteiger partial charge in [-0.15, -0.1) is 0 Å². The van der Waals surface area contributed by atoms with Crippen LogP contribution >= 0.6 is 24.4 Å². The minimum Gasteiger partial charge on any atom is -0.389 e. The molecule has 0 amide bonds. The van der Waals surface area contributed by atoms with Crippen molar-refractivity contribution in [2.75, 3.05) is 43.6 Å². The summed E-state index contributed by atoms with van der Waals surface area (Å²) >= 11 is 5.62. The normalized spacial score (nSPS) is 50.0. The van der Waals surface area contributed by atoms with E-state index in [1.165, 1.54) is 11.8 Å². The second kappa shape index (κ2) is 17.0. The maximum atomic E-state index is 11.5. The zero-order valence-electron chi connectivity index (χ0n) is 26.0. The molecule has 18 nitrogen and oxygen atoms in total. The highest BCUT2D eigenvalue weighted by atomic mass is 32.2. The first-order chi connectivity index (χ1) is 22.5. The Morgan fingerprint density at radius 3 is 1.98 bits per heavy atom. The van der Waals surface area contributed by atoms with Gasteiger partial charge in [-0.3, -0.25) is 0 Å². The molecule has 47 heavy (non-hydrogen) atoms. The average molecular weight is 717 g/mol. The molecule has 0 aromatic carbocycles. The molecule has 0 spiro atoms. The molecule has 20 heteroatoms. The highest BCUT2D eigenvalue weighted by Gasteiger charge is 2.58. The Morgan fingerprint density at radius 2 is 1.28 bits per heavy atom. The first-order valence-corrected chi connectivity index (χ1v) is 17.8. The van der Waals surface area contributed by atoms with Crippen molar-refractivity contribution >= 4 is 24.4 Å². The summed E-state index contributed by atoms with van der Waals surface area (Å²) in [5.41, 5.74) is 36.8. The van der Waals surface area contributed by atoms with E-state index in [1.807, 2.05) is 0 Å². The van der Waals surface area contributed by atoms with E-state index in [1.54, 1.807) is 0 Å². The van der Waals surface area contributed by atoms with Crippen molar-refractivity contribution in [3.8, 4) is 0 Å². The van der Waals surface area contributed by atoms with Gasteiger partial charge >= 0.3 is 0 Å². The van der Waals surface area contributed by atoms with Crippen molar-refractivity contribution in [3.63, 3.8) is 0 Å². The highest BCUT2D eigenvalue weighted by Crippen LogP contribution is 2.39. The zero-order chi connectivity index (χ0) is 34.0. The van der Waals surface area contributed by atoms with E-state index < -0.39 is 104 Å². The topological polar surface area (TPSA) is 314 Å². The summed E-state index contributed by atoms with van der Waals surface area (Å²) in [5.74, 6) is 1.54. The second-order valence-electron chi connectivity index (χ2n) is 12.6. The molecule has 5 fully saturated rings. The number of rotatable bonds is 15. The predicted molar refractivity (Wildman–Crippen MR) is 170 cm³/mol. The van der Waals surface area contributed by atoms with Gasteiger partial charge in [0.2, 0.25) is 0 Å². The predicted octanol–water partition coefficient (Wildman–Crippen LogP) is -6.16. The molecule has 0 aromatic heterocycles. The van der Waals surface area contributed by atoms with Crippen molar-refractivity contribution in [3.05, 3.63) is 0 Å². The quantitative estimate of drug-likeness (QED) is 0.0427. The number of hydrogen-bond acceptors (Lipinski definition) is 20. The van der Waals surface area contributed by atoms with Crippen LogP contribution in [0.5, 0.6) is 0 Å². The van der Waals surface area contributed by atoms with E-state index in [9.17, 15) is 20.4 Å². The van der Waals surface area contributed by atoms with Crippen molar-refractivity contribution in [1.29, 1.82) is 0 Å². The molecule has 5 aliphatic rings. The standard InChI is InChI=1S/C27H52N6O12S2/c28-6-11-17(35)18(36)14(32)25(39-11)44-21-13(8-47-4-2-38-1-3-46)41-27(19(21)37)45-24-16(34)9(30)5-10(31)20(24)43-26-15(33)23-22(42-23)12(7-29)40-26/h9-27,34-37,46H,1-8,28-33H2. The van der Waals surface area contributed by atoms with Gasteiger partial charge in [-0.1, -0.05) is 0 Å². The minimum absolute atomic E-state index is 0.110. The molecule has 4 aliphatic heterocycles. The van der Waals surface area contributed by atoms with Crippen molar-refractivity contribution < 1.29 is 58.3 Å². The number of thioether (sulfide) groups is 1. The summed E-state index contributed by atoms with van der Waals surface area (Å²) in [7, 11) is 0. The third kappa shape index (κ3) is 8.55. The lowest BCUT2D eigenvalue weighted by atomic mass is 9.84. The van der Waals surface area contributed by atoms with E-state index in [0.717, 1.165) is 0 Å². The van der Waals surface area contributed by atoms with E-state index in [0.29, 0.717) is 30.5 Å². The number of hydrogen-bond donors (Lipinski definition) is 11. The molecule has 0 radical (unpaired) electrons. The van der Waals surface area contributed by atoms with Gasteiger partial charge in [0.1, 0.15) is 61.0 Å². The average Bonchev–Trinajstić information content (AvgIpc) is 3.81. The first kappa shape index (κ1) is 38.2. The monoisotopic (exact) mass is 716 g/mol. The summed E-state index contributed by atoms with van der Waals surface area (Å²) in [6.07, 6.45) is -14.6. The SMILES string of the molecule is NCC1OC(OC2C(CSCCOCCS)OC(OC3C(O)C(N)CC(N)C3OC3OC(CN)C4OC4C3N)C2O)C(N)C(O)C1O. The molecule has 19 unspecified atom stereocenters. The lowest BCUT2D eigenvalue weighted by Gasteiger charge is -2.45. The molecule has 5 rings (SSSR count). The van der Waals surface area contributed by atoms with Crippen LogP contribution in [0.3, 0.4) is 0 Å². The maximum absolute atomic E-state index is 11.5. The van der Waals surface area contributed by atoms with Crippen molar-refractivity contribution in [2.24, 2.45) is 34.4 Å². The lowest BCUT2D eigenvalue weighted by Crippen LogP contribution is -2.66. The molecule has 0 bridgehead atoms. The van der Waals surface area contributed by atoms with Gasteiger partial charge < -0.3 is 92.7 Å². The molecule has 16 N–H and O–H groups in total. The van der Waals surface area contributed by atoms with Gasteiger partial charge in [0.15, 0.2) is 18.9 Å². The molecule has 19 atom stereocenters. The van der Waals surface area contributed by atoms with Crippen LogP contribution in [0.2, 0.25) is 0 Å². The third-order valence-electron chi connectivity index (χ3n) is 9.26. The number of ether oxygens (including phenoxy) is 8. The van der Waals surface area contributed by atoms with Crippen LogP contribution in [0.4, 0.5) is 0 Å². The fourth-order valence-electron chi connectivity index (χ4n) is 6.50. The Bertz CT molecular complexity index is 989. The number of aliphatic hydroxyl groups excluding tert-OH is 4. The third-order valence-corrected chi connectivity index (χ3v) is 10.5. The smallest absolute Gasteiger partial charge is 0.187 e. The molecule has 0 aromatic rings. The van der Waals surface area contributed by atoms with Gasteiger partial charge in [0.05, 0.1) is 37.5 Å². The van der Waals surface area contributed by atoms with Crippen LogP contribution in [-0.4, -0.2) is 180 Å². The largest absolute Gasteiger partial charge is 0.389 e. The van der Waals surface area contributed by atoms with Crippen molar-refractivity contribution in [2.45, 2.75) is 123 Å². The Kier molecular flexibility index (Phi) is 13.8. The molecule has 4 heterocycles. The summed E-state index contributed by atoms with van der Waals surface area (Å²) in [4.78, 5) is 0. The first-order valence-electron chi connectivity index (χ1n) is 16.0. The summed E-state index contributed by atoms with van der Waals surface area (Å²) < 4.78 is 47.7. The number of nitrogens with two attached hydrogens (primary N) is 6. The van der Waals surface area contributed by atoms with Gasteiger partial charge in [-0.2, -0.15) is 24.4 Å². The van der Waals surface area contributed by atoms with Crippen LogP contribution in [0, 0.1) is 0 Å². The van der Waals surface area contributed by atoms with Gasteiger partial charge in [-0.05, 0) is 6.42 Å². The van der Waals surface area contributed by atoms with Gasteiger partial charge in [-0.25, -0.2) is 0 Å². The number of fused-ring (bicyclic) bond motifs is 1. The molecule has 4 saturated heterocycles. The number of aliphatic hydroxyl groups is 4. The van der Waals surface area contributed by atoms with Gasteiger partial charge in [0.25, 0.3) is 0 Å². The fraction of sp³-hybridized carbons (Fsp3) is 1.00. The van der Waals surface area contributed by atoms with E-state index >= 15 is 0 Å². The number of thiol groups is 1. The van der Waals surface area contributed by atoms with Crippen molar-refractivity contribution in [1.82, 2.24) is 0 Å². The summed E-state index contributed by atoms with van der Waals surface area (Å²) in [6, 6.07) is -3.28. The fourth-order valence-corrected chi connectivity index (χ4v) is 7.53. The molecular weight excluding hydrogens is 664 g/mol. The van der Waals surface area contributed by atoms with E-state index in [4.69, 9.17) is 72.3 Å². The van der Waals surface area contributed by atoms with Crippen LogP contribution in [0.15, 0.2) is 0 Å². The Labute approximate surface area is 283 Å². The zero-order valence-corrected chi connectivity index (χ0v) is 27.7. The Morgan fingerprint density at radius 1 is 0.638 bits per heavy atom. The van der Waals surface area contributed by atoms with Crippen LogP contribution in [0.25, 0.3) is 0 Å². The Balaban J connectivity index is 1.30. The van der Waals surface area contributed by atoms with Crippen LogP contribution < -0.4 is 34.4 Å². The number of epoxide rings is 1. The highest BCUT2D eigenvalue weighted by molar-refractivity contribution is 7.99. The van der Waals surface area contributed by atoms with Gasteiger partial charge in [0, 0.05) is 42.4 Å². The van der Waals surface area contributed by atoms with E-state index in [2.05, 4.69) is 12.6 Å². The maximum Gasteiger partial charge on any atom is 0.187 e. The van der Waals surface area contributed by atoms with Crippen LogP contribution in [0.1, 0.15) is 6.42 Å². The molecule has 274 valence electrons. The molecule has 1 aliphatic carbocycles. The summed E-state index contributed by atoms with van der Waals surface area (Å²) in [6.45, 7) is 1.06. The van der Waals surface area contributed by atoms with E-state index in [-0.39, 0.29) is 31.7 Å².